The number of rotatable bonds is 3. The van der Waals surface area contributed by atoms with Crippen molar-refractivity contribution in [3.63, 3.8) is 0 Å². The van der Waals surface area contributed by atoms with Crippen LogP contribution in [0.3, 0.4) is 0 Å². The number of ether oxygens (including phenoxy) is 1. The maximum atomic E-state index is 14.5. The lowest BCUT2D eigenvalue weighted by molar-refractivity contribution is -0.163. The normalized spacial score (nSPS) is 44.4. The minimum absolute atomic E-state index is 0.0415. The molecule has 2 heterocycles. The molecule has 2 spiro atoms. The number of methoxy groups -OCH3 is 1. The Kier molecular flexibility index (Phi) is 5.33. The third kappa shape index (κ3) is 2.80. The van der Waals surface area contributed by atoms with Gasteiger partial charge in [0.2, 0.25) is 11.8 Å². The second kappa shape index (κ2) is 8.47. The summed E-state index contributed by atoms with van der Waals surface area (Å²) in [7, 11) is 1.39. The highest BCUT2D eigenvalue weighted by Gasteiger charge is 2.83. The number of hydrogen-bond donors (Lipinski definition) is 1. The second-order valence-corrected chi connectivity index (χ2v) is 14.4. The number of carbonyl (C=O) groups is 4. The summed E-state index contributed by atoms with van der Waals surface area (Å²) in [6.45, 7) is 0. The van der Waals surface area contributed by atoms with Crippen LogP contribution in [0.1, 0.15) is 37.3 Å². The summed E-state index contributed by atoms with van der Waals surface area (Å²) in [5.41, 5.74) is 0.477. The van der Waals surface area contributed by atoms with E-state index in [1.54, 1.807) is 12.1 Å². The number of imide groups is 1. The first-order valence-electron chi connectivity index (χ1n) is 14.3. The fourth-order valence-corrected chi connectivity index (χ4v) is 12.2. The van der Waals surface area contributed by atoms with Gasteiger partial charge in [-0.15, -0.1) is 0 Å². The molecular formula is C32H31IN2O5. The number of esters is 1. The lowest BCUT2D eigenvalue weighted by Crippen LogP contribution is -2.61. The molecule has 0 radical (unpaired) electrons. The Morgan fingerprint density at radius 2 is 1.60 bits per heavy atom. The van der Waals surface area contributed by atoms with Gasteiger partial charge in [-0.1, -0.05) is 71.1 Å². The van der Waals surface area contributed by atoms with Crippen LogP contribution in [0.25, 0.3) is 0 Å². The SMILES string of the molecule is COC(=O)C1NC(c2ccccc2)C23C(=O)CCC24CC(I)C(C4)C2C4C(=O)N(c5ccccc5)C(=O)C4C2C13. The molecule has 7 nitrogen and oxygen atoms in total. The molecule has 2 aromatic rings. The van der Waals surface area contributed by atoms with E-state index in [1.807, 2.05) is 48.5 Å². The molecule has 40 heavy (non-hydrogen) atoms. The highest BCUT2D eigenvalue weighted by Crippen LogP contribution is 2.80. The van der Waals surface area contributed by atoms with E-state index >= 15 is 0 Å². The molecule has 2 saturated heterocycles. The number of hydrogen-bond acceptors (Lipinski definition) is 6. The Bertz CT molecular complexity index is 1450. The molecule has 11 unspecified atom stereocenters. The highest BCUT2D eigenvalue weighted by atomic mass is 127. The molecule has 4 saturated carbocycles. The van der Waals surface area contributed by atoms with Crippen LogP contribution in [0, 0.1) is 46.3 Å². The van der Waals surface area contributed by atoms with Crippen molar-refractivity contribution < 1.29 is 23.9 Å². The number of Topliss-reactive ketones (excluding diaryl/α,β-unsaturated/α-hetero) is 1. The van der Waals surface area contributed by atoms with Gasteiger partial charge in [0, 0.05) is 22.3 Å². The highest BCUT2D eigenvalue weighted by molar-refractivity contribution is 14.1. The number of halogens is 1. The van der Waals surface area contributed by atoms with Gasteiger partial charge in [0.25, 0.3) is 0 Å². The molecule has 8 rings (SSSR count). The van der Waals surface area contributed by atoms with Crippen molar-refractivity contribution in [2.45, 2.75) is 41.7 Å². The summed E-state index contributed by atoms with van der Waals surface area (Å²) in [5, 5.41) is 3.64. The van der Waals surface area contributed by atoms with E-state index in [4.69, 9.17) is 4.74 Å². The second-order valence-electron chi connectivity index (χ2n) is 12.8. The molecule has 6 aliphatic rings. The van der Waals surface area contributed by atoms with Crippen molar-refractivity contribution >= 4 is 51.8 Å². The van der Waals surface area contributed by atoms with Crippen molar-refractivity contribution in [1.82, 2.24) is 5.32 Å². The lowest BCUT2D eigenvalue weighted by atomic mass is 9.44. The third-order valence-electron chi connectivity index (χ3n) is 11.7. The van der Waals surface area contributed by atoms with E-state index in [-0.39, 0.29) is 52.8 Å². The van der Waals surface area contributed by atoms with Gasteiger partial charge in [-0.3, -0.25) is 29.4 Å². The van der Waals surface area contributed by atoms with Crippen molar-refractivity contribution in [2.24, 2.45) is 46.3 Å². The molecular weight excluding hydrogens is 619 g/mol. The van der Waals surface area contributed by atoms with E-state index in [2.05, 4.69) is 27.9 Å². The van der Waals surface area contributed by atoms with Gasteiger partial charge in [-0.05, 0) is 60.1 Å². The quantitative estimate of drug-likeness (QED) is 0.233. The Balaban J connectivity index is 1.35. The smallest absolute Gasteiger partial charge is 0.323 e. The van der Waals surface area contributed by atoms with E-state index in [9.17, 15) is 19.2 Å². The zero-order chi connectivity index (χ0) is 27.6. The zero-order valence-corrected chi connectivity index (χ0v) is 24.3. The fourth-order valence-electron chi connectivity index (χ4n) is 10.6. The number of fused-ring (bicyclic) bond motifs is 7. The number of ketones is 1. The fraction of sp³-hybridized carbons (Fsp3) is 0.500. The molecule has 2 amide bonds. The number of carbonyl (C=O) groups excluding carboxylic acids is 4. The first-order valence-corrected chi connectivity index (χ1v) is 15.6. The number of benzene rings is 2. The van der Waals surface area contributed by atoms with Crippen molar-refractivity contribution in [1.29, 1.82) is 0 Å². The Hall–Kier alpha value is -2.59. The van der Waals surface area contributed by atoms with Crippen LogP contribution in [0.4, 0.5) is 5.69 Å². The molecule has 8 heteroatoms. The van der Waals surface area contributed by atoms with Crippen LogP contribution >= 0.6 is 22.6 Å². The van der Waals surface area contributed by atoms with Gasteiger partial charge in [0.1, 0.15) is 11.8 Å². The van der Waals surface area contributed by atoms with Gasteiger partial charge in [-0.2, -0.15) is 0 Å². The number of alkyl halides is 1. The number of nitrogens with one attached hydrogen (secondary N) is 1. The van der Waals surface area contributed by atoms with Crippen LogP contribution in [0.5, 0.6) is 0 Å². The predicted molar refractivity (Wildman–Crippen MR) is 154 cm³/mol. The minimum atomic E-state index is -0.834. The molecule has 11 atom stereocenters. The van der Waals surface area contributed by atoms with Crippen LogP contribution in [0.15, 0.2) is 60.7 Å². The Labute approximate surface area is 246 Å². The van der Waals surface area contributed by atoms with Crippen LogP contribution in [-0.2, 0) is 23.9 Å². The predicted octanol–water partition coefficient (Wildman–Crippen LogP) is 4.10. The standard InChI is InChI=1S/C32H31IN2O5/c1-40-30(39)26-25-22-21(23-24(22)29(38)35(28(23)37)17-10-6-3-7-11-17)18-14-31(15-19(18)33)13-12-20(36)32(25,31)27(34-26)16-8-4-2-5-9-16/h2-11,18-19,21-27,34H,12-15H2,1H3. The van der Waals surface area contributed by atoms with Crippen molar-refractivity contribution in [3.05, 3.63) is 66.2 Å². The van der Waals surface area contributed by atoms with E-state index < -0.39 is 29.2 Å². The largest absolute Gasteiger partial charge is 0.468 e. The molecule has 4 aliphatic carbocycles. The lowest BCUT2D eigenvalue weighted by Gasteiger charge is -2.56. The summed E-state index contributed by atoms with van der Waals surface area (Å²) >= 11 is 2.55. The summed E-state index contributed by atoms with van der Waals surface area (Å²) in [6, 6.07) is 18.1. The monoisotopic (exact) mass is 650 g/mol. The van der Waals surface area contributed by atoms with Crippen LogP contribution in [-0.4, -0.2) is 40.6 Å². The first kappa shape index (κ1) is 25.1. The number of anilines is 1. The molecule has 206 valence electrons. The first-order chi connectivity index (χ1) is 19.4. The summed E-state index contributed by atoms with van der Waals surface area (Å²) in [4.78, 5) is 57.7. The van der Waals surface area contributed by atoms with Gasteiger partial charge < -0.3 is 4.74 Å². The molecule has 6 fully saturated rings. The Morgan fingerprint density at radius 3 is 2.27 bits per heavy atom. The average Bonchev–Trinajstić information content (AvgIpc) is 3.61. The number of amides is 2. The molecule has 1 N–H and O–H groups in total. The van der Waals surface area contributed by atoms with Crippen LogP contribution in [0.2, 0.25) is 0 Å². The average molecular weight is 651 g/mol. The summed E-state index contributed by atoms with van der Waals surface area (Å²) in [5.74, 6) is -1.91. The third-order valence-corrected chi connectivity index (χ3v) is 13.1. The van der Waals surface area contributed by atoms with Gasteiger partial charge in [-0.25, -0.2) is 0 Å². The van der Waals surface area contributed by atoms with Gasteiger partial charge >= 0.3 is 5.97 Å². The summed E-state index contributed by atoms with van der Waals surface area (Å²) in [6.07, 6.45) is 3.04. The molecule has 2 aliphatic heterocycles. The van der Waals surface area contributed by atoms with Gasteiger partial charge in [0.15, 0.2) is 0 Å². The maximum absolute atomic E-state index is 14.5. The number of nitrogens with zero attached hydrogens (tertiary/aromatic N) is 1. The molecule has 2 bridgehead atoms. The summed E-state index contributed by atoms with van der Waals surface area (Å²) < 4.78 is 5.67. The number of para-hydroxylation sites is 1. The van der Waals surface area contributed by atoms with Crippen molar-refractivity contribution in [2.75, 3.05) is 12.0 Å². The van der Waals surface area contributed by atoms with Crippen LogP contribution < -0.4 is 10.2 Å². The van der Waals surface area contributed by atoms with Crippen molar-refractivity contribution in [3.8, 4) is 0 Å². The van der Waals surface area contributed by atoms with E-state index in [0.29, 0.717) is 16.0 Å². The minimum Gasteiger partial charge on any atom is -0.468 e. The van der Waals surface area contributed by atoms with E-state index in [1.165, 1.54) is 12.0 Å². The zero-order valence-electron chi connectivity index (χ0n) is 22.2. The maximum Gasteiger partial charge on any atom is 0.323 e. The van der Waals surface area contributed by atoms with Gasteiger partial charge in [0.05, 0.1) is 30.0 Å². The Morgan fingerprint density at radius 1 is 0.950 bits per heavy atom. The molecule has 2 aromatic carbocycles. The molecule has 0 aromatic heterocycles. The topological polar surface area (TPSA) is 92.8 Å². The van der Waals surface area contributed by atoms with E-state index in [0.717, 1.165) is 24.8 Å².